The van der Waals surface area contributed by atoms with Gasteiger partial charge in [0.15, 0.2) is 6.10 Å². The molecule has 0 unspecified atom stereocenters. The summed E-state index contributed by atoms with van der Waals surface area (Å²) in [7, 11) is 0. The lowest BCUT2D eigenvalue weighted by atomic mass is 10.0. The van der Waals surface area contributed by atoms with Crippen molar-refractivity contribution in [3.8, 4) is 5.75 Å². The summed E-state index contributed by atoms with van der Waals surface area (Å²) in [4.78, 5) is 35.4. The Balaban J connectivity index is 2.27. The van der Waals surface area contributed by atoms with E-state index in [1.165, 1.54) is 13.0 Å². The van der Waals surface area contributed by atoms with E-state index >= 15 is 0 Å². The number of hydrogen-bond donors (Lipinski definition) is 2. The number of fused-ring (bicyclic) bond motifs is 1. The van der Waals surface area contributed by atoms with Gasteiger partial charge in [0.2, 0.25) is 0 Å². The quantitative estimate of drug-likeness (QED) is 0.721. The van der Waals surface area contributed by atoms with Crippen molar-refractivity contribution in [3.63, 3.8) is 0 Å². The molecule has 2 atom stereocenters. The number of carbonyl (C=O) groups is 2. The molecule has 0 fully saturated rings. The van der Waals surface area contributed by atoms with Crippen molar-refractivity contribution >= 4 is 22.8 Å². The molecule has 146 valence electrons. The zero-order chi connectivity index (χ0) is 20.3. The molecule has 0 saturated heterocycles. The number of amides is 1. The van der Waals surface area contributed by atoms with Crippen LogP contribution >= 0.6 is 0 Å². The highest BCUT2D eigenvalue weighted by Crippen LogP contribution is 2.29. The second-order valence-electron chi connectivity index (χ2n) is 6.84. The molecule has 1 aromatic carbocycles. The van der Waals surface area contributed by atoms with Crippen molar-refractivity contribution < 1.29 is 23.8 Å². The highest BCUT2D eigenvalue weighted by atomic mass is 16.5. The molecule has 2 N–H and O–H groups in total. The topological polar surface area (TPSA) is 106 Å². The second kappa shape index (κ2) is 8.24. The number of carboxylic acids is 1. The van der Waals surface area contributed by atoms with Gasteiger partial charge in [-0.05, 0) is 43.9 Å². The number of benzene rings is 1. The number of ether oxygens (including phenoxy) is 1. The molecule has 7 heteroatoms. The van der Waals surface area contributed by atoms with Crippen LogP contribution in [0.15, 0.2) is 27.4 Å². The van der Waals surface area contributed by atoms with E-state index in [-0.39, 0.29) is 5.92 Å². The van der Waals surface area contributed by atoms with Gasteiger partial charge in [0, 0.05) is 17.0 Å². The third kappa shape index (κ3) is 4.48. The number of aryl methyl sites for hydroxylation is 2. The lowest BCUT2D eigenvalue weighted by Crippen LogP contribution is -2.48. The van der Waals surface area contributed by atoms with E-state index in [2.05, 4.69) is 5.32 Å². The average molecular weight is 375 g/mol. The van der Waals surface area contributed by atoms with Gasteiger partial charge in [0.05, 0.1) is 0 Å². The van der Waals surface area contributed by atoms with Crippen LogP contribution < -0.4 is 15.7 Å². The molecule has 27 heavy (non-hydrogen) atoms. The Morgan fingerprint density at radius 3 is 2.48 bits per heavy atom. The highest BCUT2D eigenvalue weighted by Gasteiger charge is 2.27. The average Bonchev–Trinajstić information content (AvgIpc) is 2.60. The molecule has 1 aromatic heterocycles. The van der Waals surface area contributed by atoms with Crippen molar-refractivity contribution in [2.45, 2.75) is 53.2 Å². The second-order valence-corrected chi connectivity index (χ2v) is 6.84. The van der Waals surface area contributed by atoms with Gasteiger partial charge in [-0.2, -0.15) is 0 Å². The molecule has 7 nitrogen and oxygen atoms in total. The van der Waals surface area contributed by atoms with Gasteiger partial charge in [-0.1, -0.05) is 20.8 Å². The first-order valence-corrected chi connectivity index (χ1v) is 8.91. The van der Waals surface area contributed by atoms with Gasteiger partial charge in [0.25, 0.3) is 5.91 Å². The van der Waals surface area contributed by atoms with E-state index in [1.807, 2.05) is 6.92 Å². The number of carbonyl (C=O) groups excluding carboxylic acids is 1. The third-order valence-corrected chi connectivity index (χ3v) is 4.48. The van der Waals surface area contributed by atoms with E-state index < -0.39 is 29.6 Å². The Kier molecular flexibility index (Phi) is 6.25. The first kappa shape index (κ1) is 20.5. The van der Waals surface area contributed by atoms with Gasteiger partial charge in [-0.3, -0.25) is 4.79 Å². The molecular weight excluding hydrogens is 350 g/mol. The Morgan fingerprint density at radius 1 is 1.26 bits per heavy atom. The normalized spacial score (nSPS) is 13.4. The van der Waals surface area contributed by atoms with Crippen LogP contribution in [0.5, 0.6) is 5.75 Å². The fraction of sp³-hybridized carbons (Fsp3) is 0.450. The van der Waals surface area contributed by atoms with Crippen molar-refractivity contribution in [3.05, 3.63) is 39.7 Å². The van der Waals surface area contributed by atoms with Crippen LogP contribution in [0.1, 0.15) is 38.8 Å². The van der Waals surface area contributed by atoms with Gasteiger partial charge in [-0.25, -0.2) is 9.59 Å². The Morgan fingerprint density at radius 2 is 1.93 bits per heavy atom. The lowest BCUT2D eigenvalue weighted by Gasteiger charge is -2.22. The van der Waals surface area contributed by atoms with Gasteiger partial charge < -0.3 is 19.6 Å². The number of carboxylic acid groups (broad SMARTS) is 1. The van der Waals surface area contributed by atoms with E-state index in [0.717, 1.165) is 10.9 Å². The molecular formula is C20H25NO6. The van der Waals surface area contributed by atoms with E-state index in [4.69, 9.17) is 9.15 Å². The van der Waals surface area contributed by atoms with E-state index in [0.29, 0.717) is 23.3 Å². The van der Waals surface area contributed by atoms with Crippen LogP contribution in [0.3, 0.4) is 0 Å². The molecule has 1 amide bonds. The maximum Gasteiger partial charge on any atom is 0.336 e. The number of hydrogen-bond acceptors (Lipinski definition) is 5. The predicted octanol–water partition coefficient (Wildman–Crippen LogP) is 2.66. The van der Waals surface area contributed by atoms with Crippen molar-refractivity contribution in [2.75, 3.05) is 0 Å². The van der Waals surface area contributed by atoms with Crippen LogP contribution in [0.4, 0.5) is 0 Å². The summed E-state index contributed by atoms with van der Waals surface area (Å²) in [5, 5.41) is 12.5. The summed E-state index contributed by atoms with van der Waals surface area (Å²) in [5.41, 5.74) is 1.47. The SMILES string of the molecule is CCc1cc(=O)oc2c(C)c(O[C@H](C)C(=O)N[C@H](C(=O)O)C(C)C)ccc12. The van der Waals surface area contributed by atoms with Gasteiger partial charge in [-0.15, -0.1) is 0 Å². The summed E-state index contributed by atoms with van der Waals surface area (Å²) >= 11 is 0. The molecule has 0 spiro atoms. The maximum absolute atomic E-state index is 12.3. The largest absolute Gasteiger partial charge is 0.480 e. The van der Waals surface area contributed by atoms with Crippen LogP contribution in [0, 0.1) is 12.8 Å². The van der Waals surface area contributed by atoms with Crippen LogP contribution in [-0.2, 0) is 16.0 Å². The minimum Gasteiger partial charge on any atom is -0.480 e. The van der Waals surface area contributed by atoms with Crippen molar-refractivity contribution in [1.82, 2.24) is 5.32 Å². The van der Waals surface area contributed by atoms with E-state index in [1.54, 1.807) is 32.9 Å². The Labute approximate surface area is 157 Å². The minimum atomic E-state index is -1.10. The summed E-state index contributed by atoms with van der Waals surface area (Å²) < 4.78 is 11.1. The summed E-state index contributed by atoms with van der Waals surface area (Å²) in [6.07, 6.45) is -0.227. The van der Waals surface area contributed by atoms with Gasteiger partial charge >= 0.3 is 11.6 Å². The molecule has 0 aliphatic heterocycles. The zero-order valence-corrected chi connectivity index (χ0v) is 16.2. The monoisotopic (exact) mass is 375 g/mol. The number of rotatable bonds is 7. The fourth-order valence-corrected chi connectivity index (χ4v) is 2.86. The summed E-state index contributed by atoms with van der Waals surface area (Å²) in [6, 6.07) is 3.98. The fourth-order valence-electron chi connectivity index (χ4n) is 2.86. The lowest BCUT2D eigenvalue weighted by molar-refractivity contribution is -0.144. The molecule has 0 saturated carbocycles. The molecule has 0 radical (unpaired) electrons. The number of aliphatic carboxylic acids is 1. The summed E-state index contributed by atoms with van der Waals surface area (Å²) in [6.45, 7) is 8.67. The minimum absolute atomic E-state index is 0.261. The molecule has 2 rings (SSSR count). The first-order valence-electron chi connectivity index (χ1n) is 8.91. The first-order chi connectivity index (χ1) is 12.6. The van der Waals surface area contributed by atoms with Crippen LogP contribution in [0.2, 0.25) is 0 Å². The Bertz CT molecular complexity index is 915. The van der Waals surface area contributed by atoms with Gasteiger partial charge in [0.1, 0.15) is 17.4 Å². The molecule has 0 aliphatic rings. The third-order valence-electron chi connectivity index (χ3n) is 4.48. The zero-order valence-electron chi connectivity index (χ0n) is 16.2. The van der Waals surface area contributed by atoms with Crippen LogP contribution in [-0.4, -0.2) is 29.1 Å². The smallest absolute Gasteiger partial charge is 0.336 e. The molecule has 0 aliphatic carbocycles. The Hall–Kier alpha value is -2.83. The molecule has 0 bridgehead atoms. The summed E-state index contributed by atoms with van der Waals surface area (Å²) in [5.74, 6) is -1.48. The standard InChI is InChI=1S/C20H25NO6/c1-6-13-9-16(22)27-18-11(4)15(8-7-14(13)18)26-12(5)19(23)21-17(10(2)3)20(24)25/h7-10,12,17H,6H2,1-5H3,(H,21,23)(H,24,25)/t12-,17+/m1/s1. The van der Waals surface area contributed by atoms with Crippen molar-refractivity contribution in [1.29, 1.82) is 0 Å². The molecule has 2 aromatic rings. The van der Waals surface area contributed by atoms with Crippen LogP contribution in [0.25, 0.3) is 11.0 Å². The van der Waals surface area contributed by atoms with Crippen molar-refractivity contribution in [2.24, 2.45) is 5.92 Å². The maximum atomic E-state index is 12.3. The predicted molar refractivity (Wildman–Crippen MR) is 101 cm³/mol. The molecule has 1 heterocycles. The van der Waals surface area contributed by atoms with E-state index in [9.17, 15) is 19.5 Å². The highest BCUT2D eigenvalue weighted by molar-refractivity contribution is 5.87. The number of nitrogens with one attached hydrogen (secondary N) is 1.